The maximum Gasteiger partial charge on any atom is 0.136 e. The van der Waals surface area contributed by atoms with Crippen LogP contribution in [0.15, 0.2) is 23.8 Å². The van der Waals surface area contributed by atoms with Crippen LogP contribution in [-0.4, -0.2) is 5.78 Å². The highest BCUT2D eigenvalue weighted by Crippen LogP contribution is 2.49. The molecule has 0 heterocycles. The molecule has 2 aliphatic rings. The summed E-state index contributed by atoms with van der Waals surface area (Å²) in [6, 6.07) is 0. The second kappa shape index (κ2) is 3.87. The van der Waals surface area contributed by atoms with Crippen LogP contribution in [-0.2, 0) is 4.79 Å². The summed E-state index contributed by atoms with van der Waals surface area (Å²) in [7, 11) is 0. The normalized spacial score (nSPS) is 42.5. The maximum absolute atomic E-state index is 11.9. The van der Waals surface area contributed by atoms with Crippen molar-refractivity contribution in [2.45, 2.75) is 40.5 Å². The highest BCUT2D eigenvalue weighted by atomic mass is 16.1. The molecule has 2 rings (SSSR count). The first-order valence-corrected chi connectivity index (χ1v) is 6.34. The third kappa shape index (κ3) is 1.57. The van der Waals surface area contributed by atoms with E-state index in [9.17, 15) is 4.79 Å². The second-order valence-electron chi connectivity index (χ2n) is 5.81. The first kappa shape index (κ1) is 11.6. The van der Waals surface area contributed by atoms with Crippen molar-refractivity contribution in [3.8, 4) is 0 Å². The van der Waals surface area contributed by atoms with Crippen LogP contribution in [0.25, 0.3) is 0 Å². The highest BCUT2D eigenvalue weighted by molar-refractivity contribution is 5.83. The fraction of sp³-hybridized carbons (Fsp3) is 0.667. The summed E-state index contributed by atoms with van der Waals surface area (Å²) in [6.45, 7) is 8.45. The van der Waals surface area contributed by atoms with Crippen molar-refractivity contribution >= 4 is 5.78 Å². The average Bonchev–Trinajstić information content (AvgIpc) is 2.23. The number of carbonyl (C=O) groups is 1. The van der Waals surface area contributed by atoms with E-state index in [2.05, 4.69) is 39.0 Å². The summed E-state index contributed by atoms with van der Waals surface area (Å²) >= 11 is 0. The van der Waals surface area contributed by atoms with Gasteiger partial charge in [-0.2, -0.15) is 0 Å². The van der Waals surface area contributed by atoms with Crippen molar-refractivity contribution in [1.29, 1.82) is 0 Å². The monoisotopic (exact) mass is 218 g/mol. The Balaban J connectivity index is 2.39. The minimum atomic E-state index is -0.145. The Morgan fingerprint density at radius 1 is 1.44 bits per heavy atom. The molecule has 0 aromatic carbocycles. The van der Waals surface area contributed by atoms with Gasteiger partial charge in [-0.15, -0.1) is 0 Å². The minimum absolute atomic E-state index is 0.145. The molecule has 1 nitrogen and oxygen atoms in total. The third-order valence-corrected chi connectivity index (χ3v) is 4.93. The number of carbonyl (C=O) groups excluding carboxylic acids is 1. The van der Waals surface area contributed by atoms with E-state index in [1.165, 1.54) is 5.57 Å². The molecule has 0 aromatic heterocycles. The molecule has 0 fully saturated rings. The number of hydrogen-bond donors (Lipinski definition) is 0. The molecule has 0 amide bonds. The molecule has 88 valence electrons. The summed E-state index contributed by atoms with van der Waals surface area (Å²) in [4.78, 5) is 11.9. The van der Waals surface area contributed by atoms with Crippen molar-refractivity contribution in [1.82, 2.24) is 0 Å². The summed E-state index contributed by atoms with van der Waals surface area (Å²) in [5.74, 6) is 2.06. The van der Waals surface area contributed by atoms with E-state index in [0.29, 0.717) is 23.5 Å². The molecule has 0 aliphatic heterocycles. The number of fused-ring (bicyclic) bond motifs is 1. The van der Waals surface area contributed by atoms with Gasteiger partial charge in [0.25, 0.3) is 0 Å². The molecule has 0 saturated carbocycles. The fourth-order valence-corrected chi connectivity index (χ4v) is 3.37. The van der Waals surface area contributed by atoms with E-state index < -0.39 is 0 Å². The Morgan fingerprint density at radius 2 is 2.12 bits per heavy atom. The summed E-state index contributed by atoms with van der Waals surface area (Å²) < 4.78 is 0. The van der Waals surface area contributed by atoms with Crippen LogP contribution < -0.4 is 0 Å². The predicted octanol–water partition coefficient (Wildman–Crippen LogP) is 3.76. The SMILES string of the molecule is CC(=O)[C@]1(C)CC=C2C=CC[C@@H](C)[C@@H]2[C@H]1C. The molecular weight excluding hydrogens is 196 g/mol. The summed E-state index contributed by atoms with van der Waals surface area (Å²) in [6.07, 6.45) is 8.89. The van der Waals surface area contributed by atoms with E-state index in [1.54, 1.807) is 6.92 Å². The van der Waals surface area contributed by atoms with Gasteiger partial charge in [0.05, 0.1) is 0 Å². The Labute approximate surface area is 98.6 Å². The molecule has 0 aromatic rings. The lowest BCUT2D eigenvalue weighted by molar-refractivity contribution is -0.130. The van der Waals surface area contributed by atoms with Gasteiger partial charge in [0.15, 0.2) is 0 Å². The largest absolute Gasteiger partial charge is 0.299 e. The van der Waals surface area contributed by atoms with Gasteiger partial charge >= 0.3 is 0 Å². The van der Waals surface area contributed by atoms with Crippen molar-refractivity contribution in [2.24, 2.45) is 23.2 Å². The smallest absolute Gasteiger partial charge is 0.136 e. The molecule has 0 bridgehead atoms. The van der Waals surface area contributed by atoms with Gasteiger partial charge in [0.2, 0.25) is 0 Å². The van der Waals surface area contributed by atoms with Gasteiger partial charge < -0.3 is 0 Å². The highest BCUT2D eigenvalue weighted by Gasteiger charge is 2.45. The predicted molar refractivity (Wildman–Crippen MR) is 67.1 cm³/mol. The molecule has 0 radical (unpaired) electrons. The summed E-state index contributed by atoms with van der Waals surface area (Å²) in [5, 5.41) is 0. The van der Waals surface area contributed by atoms with Crippen LogP contribution >= 0.6 is 0 Å². The molecule has 0 saturated heterocycles. The number of Topliss-reactive ketones (excluding diaryl/α,β-unsaturated/α-hetero) is 1. The second-order valence-corrected chi connectivity index (χ2v) is 5.81. The van der Waals surface area contributed by atoms with Crippen LogP contribution in [0, 0.1) is 23.2 Å². The quantitative estimate of drug-likeness (QED) is 0.655. The van der Waals surface area contributed by atoms with Crippen molar-refractivity contribution in [2.75, 3.05) is 0 Å². The van der Waals surface area contributed by atoms with Crippen LogP contribution in [0.3, 0.4) is 0 Å². The van der Waals surface area contributed by atoms with Crippen LogP contribution in [0.2, 0.25) is 0 Å². The lowest BCUT2D eigenvalue weighted by Crippen LogP contribution is -2.42. The maximum atomic E-state index is 11.9. The molecule has 0 N–H and O–H groups in total. The zero-order valence-electron chi connectivity index (χ0n) is 10.8. The Hall–Kier alpha value is -0.850. The molecule has 0 unspecified atom stereocenters. The van der Waals surface area contributed by atoms with E-state index in [1.807, 2.05) is 0 Å². The van der Waals surface area contributed by atoms with Crippen LogP contribution in [0.5, 0.6) is 0 Å². The molecule has 2 aliphatic carbocycles. The topological polar surface area (TPSA) is 17.1 Å². The molecule has 1 heteroatoms. The molecule has 4 atom stereocenters. The van der Waals surface area contributed by atoms with Gasteiger partial charge in [0, 0.05) is 5.41 Å². The summed E-state index contributed by atoms with van der Waals surface area (Å²) in [5.41, 5.74) is 1.32. The van der Waals surface area contributed by atoms with Crippen molar-refractivity contribution < 1.29 is 4.79 Å². The van der Waals surface area contributed by atoms with Gasteiger partial charge in [-0.05, 0) is 43.1 Å². The van der Waals surface area contributed by atoms with Gasteiger partial charge in [-0.25, -0.2) is 0 Å². The van der Waals surface area contributed by atoms with Crippen LogP contribution in [0.1, 0.15) is 40.5 Å². The number of hydrogen-bond acceptors (Lipinski definition) is 1. The average molecular weight is 218 g/mol. The third-order valence-electron chi connectivity index (χ3n) is 4.93. The van der Waals surface area contributed by atoms with Gasteiger partial charge in [-0.1, -0.05) is 39.0 Å². The van der Waals surface area contributed by atoms with E-state index in [-0.39, 0.29) is 5.41 Å². The Bertz CT molecular complexity index is 364. The number of allylic oxidation sites excluding steroid dienone is 4. The number of ketones is 1. The standard InChI is InChI=1S/C15H22O/c1-10-6-5-7-13-8-9-15(4,12(3)16)11(2)14(10)13/h5,7-8,10-11,14H,6,9H2,1-4H3/t10-,11-,14-,15-/m1/s1. The molecule has 0 spiro atoms. The van der Waals surface area contributed by atoms with Gasteiger partial charge in [-0.3, -0.25) is 4.79 Å². The minimum Gasteiger partial charge on any atom is -0.299 e. The Morgan fingerprint density at radius 3 is 2.75 bits per heavy atom. The van der Waals surface area contributed by atoms with Crippen LogP contribution in [0.4, 0.5) is 0 Å². The van der Waals surface area contributed by atoms with E-state index >= 15 is 0 Å². The first-order valence-electron chi connectivity index (χ1n) is 6.34. The zero-order chi connectivity index (χ0) is 11.9. The molecule has 16 heavy (non-hydrogen) atoms. The van der Waals surface area contributed by atoms with E-state index in [0.717, 1.165) is 12.8 Å². The lowest BCUT2D eigenvalue weighted by Gasteiger charge is -2.45. The van der Waals surface area contributed by atoms with Crippen molar-refractivity contribution in [3.05, 3.63) is 23.8 Å². The zero-order valence-corrected chi connectivity index (χ0v) is 10.8. The molecular formula is C15H22O. The fourth-order valence-electron chi connectivity index (χ4n) is 3.37. The number of rotatable bonds is 1. The van der Waals surface area contributed by atoms with Gasteiger partial charge in [0.1, 0.15) is 5.78 Å². The lowest BCUT2D eigenvalue weighted by atomic mass is 9.58. The first-order chi connectivity index (χ1) is 7.47. The Kier molecular flexibility index (Phi) is 2.81. The van der Waals surface area contributed by atoms with Crippen molar-refractivity contribution in [3.63, 3.8) is 0 Å². The van der Waals surface area contributed by atoms with E-state index in [4.69, 9.17) is 0 Å².